The zero-order valence-electron chi connectivity index (χ0n) is 23.2. The van der Waals surface area contributed by atoms with Crippen LogP contribution in [0.2, 0.25) is 0 Å². The molecule has 0 fully saturated rings. The molecule has 8 rings (SSSR count). The van der Waals surface area contributed by atoms with E-state index >= 15 is 0 Å². The van der Waals surface area contributed by atoms with Gasteiger partial charge in [0, 0.05) is 33.0 Å². The fourth-order valence-electron chi connectivity index (χ4n) is 5.64. The third-order valence-electron chi connectivity index (χ3n) is 7.77. The normalized spacial score (nSPS) is 11.3. The molecule has 202 valence electrons. The van der Waals surface area contributed by atoms with E-state index in [1.807, 2.05) is 84.9 Å². The van der Waals surface area contributed by atoms with Crippen molar-refractivity contribution < 1.29 is 4.42 Å². The highest BCUT2D eigenvalue weighted by atomic mass is 16.3. The van der Waals surface area contributed by atoms with Crippen LogP contribution in [0, 0.1) is 0 Å². The number of fused-ring (bicyclic) bond motifs is 3. The van der Waals surface area contributed by atoms with Crippen LogP contribution in [0.15, 0.2) is 156 Å². The molecule has 0 radical (unpaired) electrons. The molecule has 2 aromatic heterocycles. The van der Waals surface area contributed by atoms with E-state index in [-0.39, 0.29) is 0 Å². The van der Waals surface area contributed by atoms with Gasteiger partial charge < -0.3 is 4.42 Å². The number of nitrogens with zero attached hydrogens (tertiary/aromatic N) is 3. The van der Waals surface area contributed by atoms with E-state index in [0.717, 1.165) is 49.8 Å². The van der Waals surface area contributed by atoms with Gasteiger partial charge in [0.15, 0.2) is 17.5 Å². The Hall–Kier alpha value is -5.87. The lowest BCUT2D eigenvalue weighted by molar-refractivity contribution is 0.670. The number of furan rings is 1. The van der Waals surface area contributed by atoms with Gasteiger partial charge in [-0.2, -0.15) is 0 Å². The highest BCUT2D eigenvalue weighted by Gasteiger charge is 2.20. The Morgan fingerprint density at radius 2 is 0.814 bits per heavy atom. The molecule has 0 aliphatic heterocycles. The van der Waals surface area contributed by atoms with Gasteiger partial charge in [-0.15, -0.1) is 0 Å². The van der Waals surface area contributed by atoms with Crippen molar-refractivity contribution >= 4 is 21.9 Å². The maximum Gasteiger partial charge on any atom is 0.164 e. The van der Waals surface area contributed by atoms with Crippen LogP contribution in [-0.4, -0.2) is 15.0 Å². The summed E-state index contributed by atoms with van der Waals surface area (Å²) in [5, 5.41) is 2.02. The maximum atomic E-state index is 6.57. The second kappa shape index (κ2) is 10.5. The summed E-state index contributed by atoms with van der Waals surface area (Å²) in [6.45, 7) is 0. The van der Waals surface area contributed by atoms with Crippen LogP contribution in [0.5, 0.6) is 0 Å². The first-order valence-corrected chi connectivity index (χ1v) is 14.3. The summed E-state index contributed by atoms with van der Waals surface area (Å²) in [4.78, 5) is 14.9. The molecule has 0 bridgehead atoms. The second-order valence-electron chi connectivity index (χ2n) is 10.4. The molecule has 0 amide bonds. The van der Waals surface area contributed by atoms with Gasteiger partial charge in [0.25, 0.3) is 0 Å². The van der Waals surface area contributed by atoms with Crippen LogP contribution >= 0.6 is 0 Å². The lowest BCUT2D eigenvalue weighted by Crippen LogP contribution is -2.00. The standard InChI is InChI=1S/C39H25N3O/c1-4-12-26(13-5-1)27-20-22-28(23-21-27)31-24-25-33(35-32-18-10-11-19-34(32)43-36(31)35)39-41-37(29-14-6-2-7-15-29)40-38(42-39)30-16-8-3-9-17-30/h1-25H. The Bertz CT molecular complexity index is 2150. The number of para-hydroxylation sites is 1. The molecule has 0 unspecified atom stereocenters. The molecular weight excluding hydrogens is 526 g/mol. The van der Waals surface area contributed by atoms with E-state index in [2.05, 4.69) is 66.7 Å². The average Bonchev–Trinajstić information content (AvgIpc) is 3.49. The third-order valence-corrected chi connectivity index (χ3v) is 7.77. The van der Waals surface area contributed by atoms with Gasteiger partial charge in [-0.1, -0.05) is 133 Å². The highest BCUT2D eigenvalue weighted by molar-refractivity contribution is 6.15. The minimum Gasteiger partial charge on any atom is -0.455 e. The van der Waals surface area contributed by atoms with Gasteiger partial charge in [0.2, 0.25) is 0 Å². The van der Waals surface area contributed by atoms with Crippen LogP contribution in [0.1, 0.15) is 0 Å². The van der Waals surface area contributed by atoms with E-state index < -0.39 is 0 Å². The van der Waals surface area contributed by atoms with Gasteiger partial charge in [0.05, 0.1) is 0 Å². The van der Waals surface area contributed by atoms with Crippen molar-refractivity contribution in [3.05, 3.63) is 152 Å². The van der Waals surface area contributed by atoms with Crippen molar-refractivity contribution in [3.63, 3.8) is 0 Å². The van der Waals surface area contributed by atoms with Crippen molar-refractivity contribution in [1.29, 1.82) is 0 Å². The Labute approximate surface area is 249 Å². The lowest BCUT2D eigenvalue weighted by Gasteiger charge is -2.11. The van der Waals surface area contributed by atoms with Crippen LogP contribution in [0.4, 0.5) is 0 Å². The smallest absolute Gasteiger partial charge is 0.164 e. The minimum atomic E-state index is 0.607. The van der Waals surface area contributed by atoms with E-state index in [1.165, 1.54) is 11.1 Å². The van der Waals surface area contributed by atoms with Crippen molar-refractivity contribution in [2.45, 2.75) is 0 Å². The molecule has 4 heteroatoms. The van der Waals surface area contributed by atoms with E-state index in [9.17, 15) is 0 Å². The zero-order chi connectivity index (χ0) is 28.6. The van der Waals surface area contributed by atoms with Crippen LogP contribution in [-0.2, 0) is 0 Å². The van der Waals surface area contributed by atoms with Gasteiger partial charge >= 0.3 is 0 Å². The van der Waals surface area contributed by atoms with Crippen LogP contribution in [0.3, 0.4) is 0 Å². The average molecular weight is 552 g/mol. The molecule has 0 N–H and O–H groups in total. The maximum absolute atomic E-state index is 6.57. The van der Waals surface area contributed by atoms with Crippen molar-refractivity contribution in [2.75, 3.05) is 0 Å². The largest absolute Gasteiger partial charge is 0.455 e. The van der Waals surface area contributed by atoms with Gasteiger partial charge in [-0.3, -0.25) is 0 Å². The second-order valence-corrected chi connectivity index (χ2v) is 10.4. The van der Waals surface area contributed by atoms with Crippen molar-refractivity contribution in [1.82, 2.24) is 15.0 Å². The lowest BCUT2D eigenvalue weighted by atomic mass is 9.96. The molecular formula is C39H25N3O. The Balaban J connectivity index is 1.34. The fourth-order valence-corrected chi connectivity index (χ4v) is 5.64. The van der Waals surface area contributed by atoms with E-state index in [0.29, 0.717) is 17.5 Å². The molecule has 6 aromatic carbocycles. The number of hydrogen-bond acceptors (Lipinski definition) is 4. The predicted octanol–water partition coefficient (Wildman–Crippen LogP) is 10.1. The van der Waals surface area contributed by atoms with E-state index in [1.54, 1.807) is 0 Å². The number of rotatable bonds is 5. The summed E-state index contributed by atoms with van der Waals surface area (Å²) in [7, 11) is 0. The Morgan fingerprint density at radius 1 is 0.349 bits per heavy atom. The van der Waals surface area contributed by atoms with Gasteiger partial charge in [0.1, 0.15) is 11.2 Å². The van der Waals surface area contributed by atoms with Gasteiger partial charge in [-0.25, -0.2) is 15.0 Å². The summed E-state index contributed by atoms with van der Waals surface area (Å²) in [6.07, 6.45) is 0. The van der Waals surface area contributed by atoms with E-state index in [4.69, 9.17) is 19.4 Å². The molecule has 0 saturated carbocycles. The Morgan fingerprint density at radius 3 is 1.44 bits per heavy atom. The molecule has 0 aliphatic carbocycles. The predicted molar refractivity (Wildman–Crippen MR) is 174 cm³/mol. The van der Waals surface area contributed by atoms with Crippen molar-refractivity contribution in [2.24, 2.45) is 0 Å². The molecule has 2 heterocycles. The molecule has 0 atom stereocenters. The summed E-state index contributed by atoms with van der Waals surface area (Å²) >= 11 is 0. The first-order valence-electron chi connectivity index (χ1n) is 14.3. The highest BCUT2D eigenvalue weighted by Crippen LogP contribution is 2.41. The number of hydrogen-bond donors (Lipinski definition) is 0. The topological polar surface area (TPSA) is 51.8 Å². The quantitative estimate of drug-likeness (QED) is 0.214. The zero-order valence-corrected chi connectivity index (χ0v) is 23.2. The SMILES string of the molecule is c1ccc(-c2ccc(-c3ccc(-c4nc(-c5ccccc5)nc(-c5ccccc5)n4)c4c3oc3ccccc34)cc2)cc1. The first-order chi connectivity index (χ1) is 21.3. The molecule has 8 aromatic rings. The number of benzene rings is 6. The van der Waals surface area contributed by atoms with Gasteiger partial charge in [-0.05, 0) is 34.9 Å². The fraction of sp³-hybridized carbons (Fsp3) is 0. The summed E-state index contributed by atoms with van der Waals surface area (Å²) in [5.74, 6) is 1.87. The summed E-state index contributed by atoms with van der Waals surface area (Å²) in [6, 6.07) is 51.6. The Kier molecular flexibility index (Phi) is 6.08. The number of aromatic nitrogens is 3. The minimum absolute atomic E-state index is 0.607. The molecule has 0 saturated heterocycles. The molecule has 0 spiro atoms. The van der Waals surface area contributed by atoms with Crippen molar-refractivity contribution in [3.8, 4) is 56.4 Å². The molecule has 4 nitrogen and oxygen atoms in total. The monoisotopic (exact) mass is 551 g/mol. The van der Waals surface area contributed by atoms with Crippen LogP contribution in [0.25, 0.3) is 78.4 Å². The summed E-state index contributed by atoms with van der Waals surface area (Å²) in [5.41, 5.74) is 8.89. The first kappa shape index (κ1) is 24.9. The summed E-state index contributed by atoms with van der Waals surface area (Å²) < 4.78 is 6.57. The molecule has 43 heavy (non-hydrogen) atoms. The molecule has 0 aliphatic rings. The third kappa shape index (κ3) is 4.55. The van der Waals surface area contributed by atoms with Crippen LogP contribution < -0.4 is 0 Å².